The maximum atomic E-state index is 11.8. The van der Waals surface area contributed by atoms with Gasteiger partial charge in [0.2, 0.25) is 0 Å². The third-order valence-corrected chi connectivity index (χ3v) is 6.37. The molecule has 1 unspecified atom stereocenters. The zero-order valence-corrected chi connectivity index (χ0v) is 21.5. The molecule has 8 nitrogen and oxygen atoms in total. The third-order valence-electron chi connectivity index (χ3n) is 6.37. The van der Waals surface area contributed by atoms with Gasteiger partial charge in [0.05, 0.1) is 12.1 Å². The van der Waals surface area contributed by atoms with Gasteiger partial charge in [-0.05, 0) is 52.6 Å². The first-order valence-electron chi connectivity index (χ1n) is 12.7. The lowest BCUT2D eigenvalue weighted by Crippen LogP contribution is -2.10. The SMILES string of the molecule is O=Cc1ccccc1-c1ccc(C(CC(=O)O)c2ccnc(Oc3ccc(CNc4ccccn4)cc3)n2)cc1. The number of aromatic nitrogens is 3. The fraction of sp³-hybridized carbons (Fsp3) is 0.0938. The standard InChI is InChI=1S/C32H26N4O4/c37-21-25-5-1-2-6-27(25)23-10-12-24(13-11-23)28(19-31(38)39)29-16-18-34-32(36-29)40-26-14-8-22(9-15-26)20-35-30-7-3-4-17-33-30/h1-18,21,28H,19-20H2,(H,33,35)(H,38,39). The van der Waals surface area contributed by atoms with Crippen LogP contribution in [0.15, 0.2) is 109 Å². The Hall–Kier alpha value is -5.37. The van der Waals surface area contributed by atoms with Crippen LogP contribution in [0.3, 0.4) is 0 Å². The molecule has 5 aromatic rings. The van der Waals surface area contributed by atoms with Crippen LogP contribution in [0.1, 0.15) is 39.5 Å². The number of ether oxygens (including phenoxy) is 1. The smallest absolute Gasteiger partial charge is 0.322 e. The minimum absolute atomic E-state index is 0.128. The summed E-state index contributed by atoms with van der Waals surface area (Å²) in [6.45, 7) is 0.611. The van der Waals surface area contributed by atoms with Crippen molar-refractivity contribution in [1.82, 2.24) is 15.0 Å². The summed E-state index contributed by atoms with van der Waals surface area (Å²) in [7, 11) is 0. The highest BCUT2D eigenvalue weighted by Crippen LogP contribution is 2.31. The molecule has 1 atom stereocenters. The molecule has 0 aliphatic carbocycles. The van der Waals surface area contributed by atoms with Gasteiger partial charge in [-0.2, -0.15) is 4.98 Å². The predicted octanol–water partition coefficient (Wildman–Crippen LogP) is 6.36. The minimum atomic E-state index is -0.948. The molecule has 0 amide bonds. The zero-order valence-electron chi connectivity index (χ0n) is 21.5. The number of carboxylic acid groups (broad SMARTS) is 1. The Labute approximate surface area is 231 Å². The summed E-state index contributed by atoms with van der Waals surface area (Å²) in [5.41, 5.74) is 4.63. The Morgan fingerprint density at radius 3 is 2.38 bits per heavy atom. The summed E-state index contributed by atoms with van der Waals surface area (Å²) in [5.74, 6) is -0.106. The van der Waals surface area contributed by atoms with E-state index >= 15 is 0 Å². The van der Waals surface area contributed by atoms with Gasteiger partial charge in [0.1, 0.15) is 11.6 Å². The van der Waals surface area contributed by atoms with Gasteiger partial charge in [-0.3, -0.25) is 9.59 Å². The van der Waals surface area contributed by atoms with Gasteiger partial charge in [0.25, 0.3) is 0 Å². The number of nitrogens with one attached hydrogen (secondary N) is 1. The number of pyridine rings is 1. The van der Waals surface area contributed by atoms with Crippen LogP contribution in [0.5, 0.6) is 11.8 Å². The first kappa shape index (κ1) is 26.2. The minimum Gasteiger partial charge on any atom is -0.481 e. The fourth-order valence-corrected chi connectivity index (χ4v) is 4.36. The molecule has 2 N–H and O–H groups in total. The number of aliphatic carboxylic acids is 1. The summed E-state index contributed by atoms with van der Waals surface area (Å²) >= 11 is 0. The monoisotopic (exact) mass is 530 g/mol. The predicted molar refractivity (Wildman–Crippen MR) is 151 cm³/mol. The van der Waals surface area contributed by atoms with Crippen LogP contribution in [0, 0.1) is 0 Å². The summed E-state index contributed by atoms with van der Waals surface area (Å²) in [6.07, 6.45) is 3.97. The first-order valence-corrected chi connectivity index (χ1v) is 12.7. The number of anilines is 1. The molecule has 0 saturated carbocycles. The van der Waals surface area contributed by atoms with Crippen LogP contribution in [0.4, 0.5) is 5.82 Å². The van der Waals surface area contributed by atoms with Crippen molar-refractivity contribution in [3.05, 3.63) is 132 Å². The molecular weight excluding hydrogens is 504 g/mol. The van der Waals surface area contributed by atoms with E-state index < -0.39 is 11.9 Å². The highest BCUT2D eigenvalue weighted by molar-refractivity contribution is 5.87. The zero-order chi connectivity index (χ0) is 27.7. The highest BCUT2D eigenvalue weighted by atomic mass is 16.5. The van der Waals surface area contributed by atoms with E-state index in [0.717, 1.165) is 34.4 Å². The Bertz CT molecular complexity index is 1590. The van der Waals surface area contributed by atoms with Crippen LogP contribution >= 0.6 is 0 Å². The molecule has 40 heavy (non-hydrogen) atoms. The van der Waals surface area contributed by atoms with E-state index in [2.05, 4.69) is 20.3 Å². The van der Waals surface area contributed by atoms with Crippen LogP contribution in [-0.4, -0.2) is 32.3 Å². The van der Waals surface area contributed by atoms with Crippen molar-refractivity contribution in [3.8, 4) is 22.9 Å². The van der Waals surface area contributed by atoms with E-state index in [1.165, 1.54) is 0 Å². The van der Waals surface area contributed by atoms with Gasteiger partial charge in [0, 0.05) is 30.4 Å². The number of hydrogen-bond acceptors (Lipinski definition) is 7. The van der Waals surface area contributed by atoms with Crippen molar-refractivity contribution in [2.75, 3.05) is 5.32 Å². The van der Waals surface area contributed by atoms with Crippen LogP contribution in [0.2, 0.25) is 0 Å². The van der Waals surface area contributed by atoms with Gasteiger partial charge in [-0.15, -0.1) is 0 Å². The lowest BCUT2D eigenvalue weighted by atomic mass is 9.90. The van der Waals surface area contributed by atoms with E-state index in [-0.39, 0.29) is 12.4 Å². The van der Waals surface area contributed by atoms with E-state index in [1.54, 1.807) is 24.5 Å². The van der Waals surface area contributed by atoms with E-state index in [1.807, 2.05) is 84.9 Å². The summed E-state index contributed by atoms with van der Waals surface area (Å²) in [5, 5.41) is 12.9. The van der Waals surface area contributed by atoms with Crippen molar-refractivity contribution >= 4 is 18.1 Å². The van der Waals surface area contributed by atoms with Crippen LogP contribution in [-0.2, 0) is 11.3 Å². The molecule has 2 heterocycles. The maximum absolute atomic E-state index is 11.8. The van der Waals surface area contributed by atoms with Gasteiger partial charge in [-0.1, -0.05) is 66.7 Å². The van der Waals surface area contributed by atoms with Gasteiger partial charge in [-0.25, -0.2) is 9.97 Å². The molecule has 8 heteroatoms. The number of hydrogen-bond donors (Lipinski definition) is 2. The lowest BCUT2D eigenvalue weighted by molar-refractivity contribution is -0.137. The number of carbonyl (C=O) groups is 2. The number of benzene rings is 3. The molecule has 2 aromatic heterocycles. The van der Waals surface area contributed by atoms with Crippen molar-refractivity contribution in [2.24, 2.45) is 0 Å². The number of rotatable bonds is 11. The van der Waals surface area contributed by atoms with Crippen molar-refractivity contribution in [2.45, 2.75) is 18.9 Å². The van der Waals surface area contributed by atoms with E-state index in [4.69, 9.17) is 4.74 Å². The van der Waals surface area contributed by atoms with E-state index in [0.29, 0.717) is 23.6 Å². The largest absolute Gasteiger partial charge is 0.481 e. The Kier molecular flexibility index (Phi) is 8.17. The number of nitrogens with zero attached hydrogens (tertiary/aromatic N) is 3. The topological polar surface area (TPSA) is 114 Å². The van der Waals surface area contributed by atoms with E-state index in [9.17, 15) is 14.7 Å². The molecule has 0 aliphatic heterocycles. The average molecular weight is 531 g/mol. The summed E-state index contributed by atoms with van der Waals surface area (Å²) in [6, 6.07) is 29.9. The molecule has 5 rings (SSSR count). The quantitative estimate of drug-likeness (QED) is 0.190. The number of carboxylic acids is 1. The molecule has 0 aliphatic rings. The lowest BCUT2D eigenvalue weighted by Gasteiger charge is -2.16. The Morgan fingerprint density at radius 2 is 1.65 bits per heavy atom. The highest BCUT2D eigenvalue weighted by Gasteiger charge is 2.21. The molecule has 3 aromatic carbocycles. The summed E-state index contributed by atoms with van der Waals surface area (Å²) < 4.78 is 5.89. The maximum Gasteiger partial charge on any atom is 0.322 e. The van der Waals surface area contributed by atoms with Crippen molar-refractivity contribution < 1.29 is 19.4 Å². The molecule has 0 fully saturated rings. The Balaban J connectivity index is 1.32. The first-order chi connectivity index (χ1) is 19.6. The third kappa shape index (κ3) is 6.54. The van der Waals surface area contributed by atoms with Crippen molar-refractivity contribution in [3.63, 3.8) is 0 Å². The molecule has 0 radical (unpaired) electrons. The van der Waals surface area contributed by atoms with Crippen LogP contribution < -0.4 is 10.1 Å². The second-order valence-corrected chi connectivity index (χ2v) is 9.06. The van der Waals surface area contributed by atoms with Crippen molar-refractivity contribution in [1.29, 1.82) is 0 Å². The van der Waals surface area contributed by atoms with Gasteiger partial charge in [0.15, 0.2) is 6.29 Å². The second-order valence-electron chi connectivity index (χ2n) is 9.06. The second kappa shape index (κ2) is 12.4. The number of aldehydes is 1. The molecule has 0 spiro atoms. The Morgan fingerprint density at radius 1 is 0.875 bits per heavy atom. The summed E-state index contributed by atoms with van der Waals surface area (Å²) in [4.78, 5) is 36.2. The number of carbonyl (C=O) groups excluding carboxylic acids is 1. The molecule has 198 valence electrons. The fourth-order valence-electron chi connectivity index (χ4n) is 4.36. The molecule has 0 saturated heterocycles. The van der Waals surface area contributed by atoms with Gasteiger partial charge < -0.3 is 15.2 Å². The van der Waals surface area contributed by atoms with Gasteiger partial charge >= 0.3 is 12.0 Å². The van der Waals surface area contributed by atoms with Crippen LogP contribution in [0.25, 0.3) is 11.1 Å². The normalized spacial score (nSPS) is 11.4. The average Bonchev–Trinajstić information content (AvgIpc) is 3.00. The molecular formula is C32H26N4O4. The molecule has 0 bridgehead atoms.